The summed E-state index contributed by atoms with van der Waals surface area (Å²) < 4.78 is 2.76. The minimum atomic E-state index is -0.00203. The molecule has 2 heteroatoms. The van der Waals surface area contributed by atoms with Crippen LogP contribution < -0.4 is 4.90 Å². The van der Waals surface area contributed by atoms with Crippen LogP contribution in [0.1, 0.15) is 63.3 Å². The first-order valence-corrected chi connectivity index (χ1v) is 19.2. The predicted octanol–water partition coefficient (Wildman–Crippen LogP) is 14.1. The zero-order chi connectivity index (χ0) is 34.6. The fraction of sp³-hybridized carbons (Fsp3) is 0.184. The summed E-state index contributed by atoms with van der Waals surface area (Å²) in [4.78, 5) is 2.42. The number of fused-ring (bicyclic) bond motifs is 9. The lowest BCUT2D eigenvalue weighted by molar-refractivity contribution is 0.530. The Morgan fingerprint density at radius 1 is 0.569 bits per heavy atom. The van der Waals surface area contributed by atoms with Gasteiger partial charge in [-0.15, -0.1) is 11.3 Å². The summed E-state index contributed by atoms with van der Waals surface area (Å²) in [7, 11) is 0. The molecular weight excluding hydrogens is 635 g/mol. The lowest BCUT2D eigenvalue weighted by atomic mass is 9.74. The van der Waals surface area contributed by atoms with Crippen LogP contribution in [0.4, 0.5) is 17.1 Å². The van der Waals surface area contributed by atoms with Gasteiger partial charge in [0, 0.05) is 53.6 Å². The number of rotatable bonds is 4. The largest absolute Gasteiger partial charge is 0.310 e. The number of hydrogen-bond acceptors (Lipinski definition) is 2. The van der Waals surface area contributed by atoms with Crippen molar-refractivity contribution in [3.63, 3.8) is 0 Å². The molecule has 3 aliphatic rings. The minimum Gasteiger partial charge on any atom is -0.310 e. The van der Waals surface area contributed by atoms with E-state index < -0.39 is 0 Å². The normalized spacial score (nSPS) is 17.8. The van der Waals surface area contributed by atoms with Crippen LogP contribution in [0.15, 0.2) is 145 Å². The molecule has 0 N–H and O–H groups in total. The number of allylic oxidation sites excluding steroid dienone is 4. The van der Waals surface area contributed by atoms with Gasteiger partial charge in [0.15, 0.2) is 0 Å². The number of anilines is 3. The van der Waals surface area contributed by atoms with Gasteiger partial charge in [0.1, 0.15) is 0 Å². The summed E-state index contributed by atoms with van der Waals surface area (Å²) >= 11 is 1.96. The van der Waals surface area contributed by atoms with Gasteiger partial charge in [-0.2, -0.15) is 0 Å². The lowest BCUT2D eigenvalue weighted by Crippen LogP contribution is -2.22. The van der Waals surface area contributed by atoms with Crippen LogP contribution in [-0.2, 0) is 10.8 Å². The van der Waals surface area contributed by atoms with Gasteiger partial charge in [-0.3, -0.25) is 0 Å². The molecule has 1 nitrogen and oxygen atoms in total. The van der Waals surface area contributed by atoms with Gasteiger partial charge in [0.05, 0.1) is 0 Å². The SMILES string of the molecule is C[C@@H]1CC=CC2=C1C(C)(C)c1cc(N(c3ccccc3)c3ccc(-c4cccc5c4sc4c6c(ccc45)C(C)(C)c4ccccc4-6)cc3)ccc12. The average molecular weight is 676 g/mol. The molecule has 1 atom stereocenters. The Hall–Kier alpha value is -5.18. The number of hydrogen-bond donors (Lipinski definition) is 0. The van der Waals surface area contributed by atoms with E-state index in [0.717, 1.165) is 17.8 Å². The van der Waals surface area contributed by atoms with Crippen molar-refractivity contribution in [1.29, 1.82) is 0 Å². The van der Waals surface area contributed by atoms with Crippen LogP contribution in [0.2, 0.25) is 0 Å². The Kier molecular flexibility index (Phi) is 6.55. The van der Waals surface area contributed by atoms with E-state index >= 15 is 0 Å². The molecule has 0 aliphatic heterocycles. The molecule has 248 valence electrons. The third kappa shape index (κ3) is 4.33. The summed E-state index contributed by atoms with van der Waals surface area (Å²) in [6.07, 6.45) is 5.83. The van der Waals surface area contributed by atoms with E-state index in [1.165, 1.54) is 75.9 Å². The molecule has 0 radical (unpaired) electrons. The zero-order valence-electron chi connectivity index (χ0n) is 29.9. The van der Waals surface area contributed by atoms with Gasteiger partial charge in [-0.05, 0) is 98.8 Å². The highest BCUT2D eigenvalue weighted by molar-refractivity contribution is 7.27. The molecule has 0 amide bonds. The van der Waals surface area contributed by atoms with Crippen LogP contribution in [0.25, 0.3) is 48.0 Å². The Balaban J connectivity index is 1.08. The van der Waals surface area contributed by atoms with E-state index in [9.17, 15) is 0 Å². The second-order valence-corrected chi connectivity index (χ2v) is 16.8. The molecule has 6 aromatic carbocycles. The highest BCUT2D eigenvalue weighted by atomic mass is 32.1. The predicted molar refractivity (Wildman–Crippen MR) is 220 cm³/mol. The van der Waals surface area contributed by atoms with Crippen molar-refractivity contribution in [3.8, 4) is 22.3 Å². The maximum Gasteiger partial charge on any atom is 0.0465 e. The van der Waals surface area contributed by atoms with Gasteiger partial charge < -0.3 is 4.90 Å². The van der Waals surface area contributed by atoms with E-state index in [-0.39, 0.29) is 10.8 Å². The molecule has 0 unspecified atom stereocenters. The van der Waals surface area contributed by atoms with Gasteiger partial charge in [0.25, 0.3) is 0 Å². The number of para-hydroxylation sites is 1. The highest BCUT2D eigenvalue weighted by Gasteiger charge is 2.40. The van der Waals surface area contributed by atoms with Gasteiger partial charge in [0.2, 0.25) is 0 Å². The number of benzene rings is 6. The summed E-state index contributed by atoms with van der Waals surface area (Å²) in [6.45, 7) is 12.0. The molecule has 10 rings (SSSR count). The van der Waals surface area contributed by atoms with E-state index in [1.807, 2.05) is 11.3 Å². The van der Waals surface area contributed by atoms with Crippen LogP contribution in [-0.4, -0.2) is 0 Å². The maximum absolute atomic E-state index is 2.45. The third-order valence-electron chi connectivity index (χ3n) is 12.1. The average Bonchev–Trinajstić information content (AvgIpc) is 3.73. The first-order valence-electron chi connectivity index (χ1n) is 18.3. The highest BCUT2D eigenvalue weighted by Crippen LogP contribution is 2.55. The summed E-state index contributed by atoms with van der Waals surface area (Å²) in [6, 6.07) is 47.8. The fourth-order valence-corrected chi connectivity index (χ4v) is 11.1. The molecule has 51 heavy (non-hydrogen) atoms. The van der Waals surface area contributed by atoms with Crippen molar-refractivity contribution in [2.45, 2.75) is 51.9 Å². The van der Waals surface area contributed by atoms with Crippen molar-refractivity contribution in [2.75, 3.05) is 4.90 Å². The van der Waals surface area contributed by atoms with Crippen molar-refractivity contribution in [2.24, 2.45) is 5.92 Å². The quantitative estimate of drug-likeness (QED) is 0.179. The fourth-order valence-electron chi connectivity index (χ4n) is 9.70. The lowest BCUT2D eigenvalue weighted by Gasteiger charge is -2.31. The smallest absolute Gasteiger partial charge is 0.0465 e. The second-order valence-electron chi connectivity index (χ2n) is 15.8. The first-order chi connectivity index (χ1) is 24.7. The second kappa shape index (κ2) is 10.9. The summed E-state index contributed by atoms with van der Waals surface area (Å²) in [5.41, 5.74) is 17.6. The molecule has 3 aliphatic carbocycles. The van der Waals surface area contributed by atoms with E-state index in [0.29, 0.717) is 5.92 Å². The van der Waals surface area contributed by atoms with Crippen molar-refractivity contribution < 1.29 is 0 Å². The van der Waals surface area contributed by atoms with Gasteiger partial charge in [-0.1, -0.05) is 138 Å². The van der Waals surface area contributed by atoms with Crippen LogP contribution in [0.5, 0.6) is 0 Å². The first kappa shape index (κ1) is 30.6. The molecule has 0 bridgehead atoms. The van der Waals surface area contributed by atoms with E-state index in [1.54, 1.807) is 5.57 Å². The Bertz CT molecular complexity index is 2610. The summed E-state index contributed by atoms with van der Waals surface area (Å²) in [5.74, 6) is 0.558. The Morgan fingerprint density at radius 2 is 1.27 bits per heavy atom. The third-order valence-corrected chi connectivity index (χ3v) is 13.4. The maximum atomic E-state index is 2.45. The van der Waals surface area contributed by atoms with E-state index in [4.69, 9.17) is 0 Å². The van der Waals surface area contributed by atoms with Crippen molar-refractivity contribution in [3.05, 3.63) is 167 Å². The monoisotopic (exact) mass is 675 g/mol. The topological polar surface area (TPSA) is 3.24 Å². The molecule has 0 saturated heterocycles. The Morgan fingerprint density at radius 3 is 2.10 bits per heavy atom. The van der Waals surface area contributed by atoms with Gasteiger partial charge >= 0.3 is 0 Å². The van der Waals surface area contributed by atoms with Crippen LogP contribution in [0, 0.1) is 5.92 Å². The summed E-state index contributed by atoms with van der Waals surface area (Å²) in [5, 5.41) is 2.70. The molecule has 0 spiro atoms. The van der Waals surface area contributed by atoms with E-state index in [2.05, 4.69) is 179 Å². The number of nitrogens with zero attached hydrogens (tertiary/aromatic N) is 1. The molecule has 7 aromatic rings. The standard InChI is InChI=1S/C49H41NS/c1-30-13-11-18-37-36-26-25-34(29-43(36)49(4,5)45(30)37)50(32-14-7-6-8-15-32)33-23-21-31(22-24-33)35-17-12-19-38-39-27-28-42-44(47(39)51-46(35)38)40-16-9-10-20-41(40)48(42,2)3/h6-12,14-30H,13H2,1-5H3/t30-/m1/s1. The molecule has 1 heterocycles. The van der Waals surface area contributed by atoms with Crippen LogP contribution in [0.3, 0.4) is 0 Å². The van der Waals surface area contributed by atoms with Gasteiger partial charge in [-0.25, -0.2) is 0 Å². The van der Waals surface area contributed by atoms with Crippen molar-refractivity contribution >= 4 is 54.1 Å². The molecular formula is C49H41NS. The molecule has 0 fully saturated rings. The molecule has 0 saturated carbocycles. The van der Waals surface area contributed by atoms with Crippen molar-refractivity contribution in [1.82, 2.24) is 0 Å². The minimum absolute atomic E-state index is 0.000475. The van der Waals surface area contributed by atoms with Crippen LogP contribution >= 0.6 is 11.3 Å². The Labute approximate surface area is 305 Å². The zero-order valence-corrected chi connectivity index (χ0v) is 30.7. The number of thiophene rings is 1. The molecule has 1 aromatic heterocycles.